The number of carbonyl (C=O) groups is 1. The van der Waals surface area contributed by atoms with E-state index in [-0.39, 0.29) is 58.8 Å². The maximum Gasteiger partial charge on any atom is 0.417 e. The SMILES string of the molecule is CCCOC(=O)C(c1ccc(-c2ccc(OCCC)cc2C(F)(F)F)nn1)n1cnc2nc(-c3ccccc3F)nc-2c1. The maximum absolute atomic E-state index is 14.3. The standard InChI is InChI=1S/C30H26F4N6O3/c1-3-13-42-18-9-10-19(21(15-18)30(32,33)34)23-11-12-24(39-38-23)26(29(41)43-14-4-2)40-16-25-28(35-17-40)37-27(36-25)20-7-5-6-8-22(20)31/h5-12,15-17,26H,3-4,13-14H2,1-2H3. The van der Waals surface area contributed by atoms with Gasteiger partial charge in [-0.15, -0.1) is 0 Å². The molecule has 0 radical (unpaired) electrons. The molecule has 0 aliphatic carbocycles. The Kier molecular flexibility index (Phi) is 8.60. The van der Waals surface area contributed by atoms with Crippen LogP contribution in [0.15, 0.2) is 67.1 Å². The largest absolute Gasteiger partial charge is 0.494 e. The second-order valence-corrected chi connectivity index (χ2v) is 9.52. The lowest BCUT2D eigenvalue weighted by molar-refractivity contribution is -0.146. The molecular weight excluding hydrogens is 568 g/mol. The van der Waals surface area contributed by atoms with Gasteiger partial charge in [0.15, 0.2) is 17.7 Å². The monoisotopic (exact) mass is 594 g/mol. The summed E-state index contributed by atoms with van der Waals surface area (Å²) in [6, 6.07) is 11.2. The predicted molar refractivity (Wildman–Crippen MR) is 147 cm³/mol. The molecule has 0 bridgehead atoms. The van der Waals surface area contributed by atoms with Crippen LogP contribution in [0.3, 0.4) is 0 Å². The highest BCUT2D eigenvalue weighted by atomic mass is 19.4. The Balaban J connectivity index is 1.52. The Morgan fingerprint density at radius 2 is 1.70 bits per heavy atom. The molecule has 0 amide bonds. The van der Waals surface area contributed by atoms with Crippen LogP contribution in [0, 0.1) is 5.82 Å². The number of hydrogen-bond donors (Lipinski definition) is 0. The number of nitrogens with zero attached hydrogens (tertiary/aromatic N) is 6. The van der Waals surface area contributed by atoms with Crippen LogP contribution >= 0.6 is 0 Å². The van der Waals surface area contributed by atoms with Crippen LogP contribution in [-0.4, -0.2) is 48.9 Å². The van der Waals surface area contributed by atoms with Crippen LogP contribution in [0.5, 0.6) is 5.75 Å². The molecule has 5 rings (SSSR count). The molecule has 3 heterocycles. The van der Waals surface area contributed by atoms with E-state index in [0.717, 1.165) is 6.07 Å². The average Bonchev–Trinajstić information content (AvgIpc) is 3.42. The van der Waals surface area contributed by atoms with Crippen molar-refractivity contribution in [2.75, 3.05) is 13.2 Å². The number of fused-ring (bicyclic) bond motifs is 1. The fourth-order valence-electron chi connectivity index (χ4n) is 4.33. The van der Waals surface area contributed by atoms with Crippen molar-refractivity contribution in [2.45, 2.75) is 38.9 Å². The van der Waals surface area contributed by atoms with E-state index >= 15 is 0 Å². The molecule has 2 aromatic carbocycles. The van der Waals surface area contributed by atoms with Gasteiger partial charge < -0.3 is 14.0 Å². The van der Waals surface area contributed by atoms with Gasteiger partial charge in [0, 0.05) is 11.8 Å². The number of aromatic nitrogens is 6. The third-order valence-electron chi connectivity index (χ3n) is 6.35. The summed E-state index contributed by atoms with van der Waals surface area (Å²) < 4.78 is 68.3. The molecule has 222 valence electrons. The Bertz CT molecular complexity index is 1690. The van der Waals surface area contributed by atoms with Crippen molar-refractivity contribution in [2.24, 2.45) is 0 Å². The van der Waals surface area contributed by atoms with Crippen LogP contribution in [0.1, 0.15) is 44.0 Å². The Hall–Kier alpha value is -4.94. The fraction of sp³-hybridized carbons (Fsp3) is 0.267. The molecule has 13 heteroatoms. The third-order valence-corrected chi connectivity index (χ3v) is 6.35. The van der Waals surface area contributed by atoms with Crippen molar-refractivity contribution in [3.8, 4) is 39.9 Å². The first-order valence-electron chi connectivity index (χ1n) is 13.5. The number of esters is 1. The normalized spacial score (nSPS) is 12.3. The maximum atomic E-state index is 14.3. The average molecular weight is 595 g/mol. The second-order valence-electron chi connectivity index (χ2n) is 9.52. The summed E-state index contributed by atoms with van der Waals surface area (Å²) in [4.78, 5) is 26.1. The van der Waals surface area contributed by atoms with Gasteiger partial charge >= 0.3 is 12.1 Å². The number of halogens is 4. The van der Waals surface area contributed by atoms with Crippen molar-refractivity contribution in [1.82, 2.24) is 29.7 Å². The molecule has 2 aliphatic heterocycles. The van der Waals surface area contributed by atoms with E-state index in [1.165, 1.54) is 53.5 Å². The minimum absolute atomic E-state index is 0.0474. The summed E-state index contributed by atoms with van der Waals surface area (Å²) in [5.74, 6) is -0.743. The highest BCUT2D eigenvalue weighted by Crippen LogP contribution is 2.39. The smallest absolute Gasteiger partial charge is 0.417 e. The number of hydrogen-bond acceptors (Lipinski definition) is 8. The molecular formula is C30H26F4N6O3. The molecule has 9 nitrogen and oxygen atoms in total. The van der Waals surface area contributed by atoms with Gasteiger partial charge in [0.2, 0.25) is 0 Å². The lowest BCUT2D eigenvalue weighted by Crippen LogP contribution is -2.25. The molecule has 0 saturated heterocycles. The first-order chi connectivity index (χ1) is 20.7. The van der Waals surface area contributed by atoms with E-state index in [0.29, 0.717) is 12.8 Å². The topological polar surface area (TPSA) is 105 Å². The second kappa shape index (κ2) is 12.5. The van der Waals surface area contributed by atoms with Crippen molar-refractivity contribution < 1.29 is 31.8 Å². The minimum atomic E-state index is -4.67. The summed E-state index contributed by atoms with van der Waals surface area (Å²) in [5, 5.41) is 8.15. The number of ether oxygens (including phenoxy) is 2. The number of benzene rings is 2. The highest BCUT2D eigenvalue weighted by Gasteiger charge is 2.35. The molecule has 0 saturated carbocycles. The number of imidazole rings is 1. The first kappa shape index (κ1) is 29.5. The molecule has 3 aromatic rings. The molecule has 43 heavy (non-hydrogen) atoms. The van der Waals surface area contributed by atoms with Crippen LogP contribution in [0.25, 0.3) is 34.2 Å². The van der Waals surface area contributed by atoms with Crippen LogP contribution < -0.4 is 4.74 Å². The van der Waals surface area contributed by atoms with Crippen LogP contribution in [0.2, 0.25) is 0 Å². The lowest BCUT2D eigenvalue weighted by Gasteiger charge is -2.19. The molecule has 1 atom stereocenters. The van der Waals surface area contributed by atoms with Gasteiger partial charge in [-0.1, -0.05) is 26.0 Å². The van der Waals surface area contributed by atoms with Gasteiger partial charge in [-0.2, -0.15) is 23.4 Å². The van der Waals surface area contributed by atoms with Gasteiger partial charge in [-0.05, 0) is 55.3 Å². The van der Waals surface area contributed by atoms with Crippen LogP contribution in [-0.2, 0) is 15.7 Å². The van der Waals surface area contributed by atoms with Crippen LogP contribution in [0.4, 0.5) is 17.6 Å². The fourth-order valence-corrected chi connectivity index (χ4v) is 4.33. The number of rotatable bonds is 10. The minimum Gasteiger partial charge on any atom is -0.494 e. The van der Waals surface area contributed by atoms with E-state index < -0.39 is 29.6 Å². The summed E-state index contributed by atoms with van der Waals surface area (Å²) in [6.45, 7) is 4.09. The van der Waals surface area contributed by atoms with Crippen molar-refractivity contribution in [1.29, 1.82) is 0 Å². The summed E-state index contributed by atoms with van der Waals surface area (Å²) >= 11 is 0. The van der Waals surface area contributed by atoms with Crippen molar-refractivity contribution in [3.05, 3.63) is 84.2 Å². The zero-order valence-corrected chi connectivity index (χ0v) is 23.2. The summed E-state index contributed by atoms with van der Waals surface area (Å²) in [7, 11) is 0. The summed E-state index contributed by atoms with van der Waals surface area (Å²) in [5.41, 5.74) is -0.597. The molecule has 2 aliphatic rings. The Morgan fingerprint density at radius 3 is 2.40 bits per heavy atom. The molecule has 1 aromatic heterocycles. The first-order valence-corrected chi connectivity index (χ1v) is 13.5. The lowest BCUT2D eigenvalue weighted by atomic mass is 10.0. The van der Waals surface area contributed by atoms with Gasteiger partial charge in [-0.25, -0.2) is 24.1 Å². The summed E-state index contributed by atoms with van der Waals surface area (Å²) in [6.07, 6.45) is -0.657. The highest BCUT2D eigenvalue weighted by molar-refractivity contribution is 5.78. The predicted octanol–water partition coefficient (Wildman–Crippen LogP) is 6.39. The van der Waals surface area contributed by atoms with Gasteiger partial charge in [-0.3, -0.25) is 0 Å². The quantitative estimate of drug-likeness (QED) is 0.135. The van der Waals surface area contributed by atoms with E-state index in [9.17, 15) is 22.4 Å². The zero-order valence-electron chi connectivity index (χ0n) is 23.2. The molecule has 0 spiro atoms. The van der Waals surface area contributed by atoms with Crippen molar-refractivity contribution >= 4 is 5.97 Å². The zero-order chi connectivity index (χ0) is 30.6. The molecule has 0 fully saturated rings. The van der Waals surface area contributed by atoms with E-state index in [2.05, 4.69) is 25.1 Å². The van der Waals surface area contributed by atoms with E-state index in [1.54, 1.807) is 12.1 Å². The number of alkyl halides is 3. The van der Waals surface area contributed by atoms with Gasteiger partial charge in [0.1, 0.15) is 17.3 Å². The molecule has 0 N–H and O–H groups in total. The number of carbonyl (C=O) groups excluding carboxylic acids is 1. The Morgan fingerprint density at radius 1 is 0.907 bits per heavy atom. The molecule has 1 unspecified atom stereocenters. The van der Waals surface area contributed by atoms with E-state index in [1.807, 2.05) is 13.8 Å². The van der Waals surface area contributed by atoms with E-state index in [4.69, 9.17) is 9.47 Å². The van der Waals surface area contributed by atoms with Gasteiger partial charge in [0.25, 0.3) is 0 Å². The third kappa shape index (κ3) is 6.45. The Labute approximate surface area is 243 Å². The van der Waals surface area contributed by atoms with Gasteiger partial charge in [0.05, 0.1) is 42.1 Å². The van der Waals surface area contributed by atoms with Crippen molar-refractivity contribution in [3.63, 3.8) is 0 Å².